The smallest absolute Gasteiger partial charge is 0.223 e. The maximum absolute atomic E-state index is 11.3. The predicted molar refractivity (Wildman–Crippen MR) is 47.3 cm³/mol. The van der Waals surface area contributed by atoms with E-state index in [2.05, 4.69) is 19.2 Å². The molecule has 2 nitrogen and oxygen atoms in total. The van der Waals surface area contributed by atoms with E-state index < -0.39 is 0 Å². The lowest BCUT2D eigenvalue weighted by atomic mass is 9.97. The molecule has 0 aliphatic rings. The van der Waals surface area contributed by atoms with E-state index in [1.165, 1.54) is 0 Å². The van der Waals surface area contributed by atoms with Gasteiger partial charge in [-0.1, -0.05) is 20.8 Å². The number of hydrogen-bond donors (Lipinski definition) is 1. The summed E-state index contributed by atoms with van der Waals surface area (Å²) in [7, 11) is 0. The van der Waals surface area contributed by atoms with Crippen molar-refractivity contribution >= 4 is 5.91 Å². The summed E-state index contributed by atoms with van der Waals surface area (Å²) in [6.07, 6.45) is 0. The Kier molecular flexibility index (Phi) is 4.16. The molecule has 0 aliphatic carbocycles. The third kappa shape index (κ3) is 4.02. The molecule has 1 amide bonds. The highest BCUT2D eigenvalue weighted by atomic mass is 16.1. The van der Waals surface area contributed by atoms with E-state index >= 15 is 0 Å². The largest absolute Gasteiger partial charge is 0.354 e. The predicted octanol–water partition coefficient (Wildman–Crippen LogP) is 1.80. The molecular formula is C9H19NO. The Morgan fingerprint density at radius 1 is 1.09 bits per heavy atom. The van der Waals surface area contributed by atoms with Crippen LogP contribution in [0.25, 0.3) is 0 Å². The van der Waals surface area contributed by atoms with Crippen LogP contribution in [-0.4, -0.2) is 11.9 Å². The minimum Gasteiger partial charge on any atom is -0.354 e. The first-order chi connectivity index (χ1) is 4.95. The highest BCUT2D eigenvalue weighted by Gasteiger charge is 2.16. The Bertz CT molecular complexity index is 130. The molecule has 0 aromatic carbocycles. The van der Waals surface area contributed by atoms with Gasteiger partial charge in [-0.05, 0) is 19.8 Å². The van der Waals surface area contributed by atoms with Crippen LogP contribution in [0.3, 0.4) is 0 Å². The minimum atomic E-state index is 0.123. The lowest BCUT2D eigenvalue weighted by Gasteiger charge is -2.16. The van der Waals surface area contributed by atoms with E-state index in [1.807, 2.05) is 20.8 Å². The maximum Gasteiger partial charge on any atom is 0.223 e. The van der Waals surface area contributed by atoms with Crippen LogP contribution in [0.2, 0.25) is 0 Å². The number of nitrogens with one attached hydrogen (secondary N) is 1. The highest BCUT2D eigenvalue weighted by Crippen LogP contribution is 2.09. The maximum atomic E-state index is 11.3. The molecule has 0 aliphatic heterocycles. The number of rotatable bonds is 3. The van der Waals surface area contributed by atoms with Crippen LogP contribution in [-0.2, 0) is 4.79 Å². The van der Waals surface area contributed by atoms with E-state index in [0.29, 0.717) is 5.92 Å². The summed E-state index contributed by atoms with van der Waals surface area (Å²) >= 11 is 0. The molecular weight excluding hydrogens is 138 g/mol. The van der Waals surface area contributed by atoms with Gasteiger partial charge in [0.25, 0.3) is 0 Å². The molecule has 0 rings (SSSR count). The van der Waals surface area contributed by atoms with Crippen LogP contribution in [0.1, 0.15) is 34.6 Å². The summed E-state index contributed by atoms with van der Waals surface area (Å²) < 4.78 is 0. The van der Waals surface area contributed by atoms with Crippen LogP contribution in [0, 0.1) is 11.8 Å². The lowest BCUT2D eigenvalue weighted by Crippen LogP contribution is -2.36. The second-order valence-corrected chi connectivity index (χ2v) is 3.70. The summed E-state index contributed by atoms with van der Waals surface area (Å²) in [6.45, 7) is 10.0. The molecule has 0 unspecified atom stereocenters. The molecule has 0 spiro atoms. The first kappa shape index (κ1) is 10.5. The first-order valence-electron chi connectivity index (χ1n) is 4.25. The Morgan fingerprint density at radius 3 is 1.82 bits per heavy atom. The topological polar surface area (TPSA) is 29.1 Å². The van der Waals surface area contributed by atoms with Gasteiger partial charge in [0, 0.05) is 12.0 Å². The van der Waals surface area contributed by atoms with Crippen molar-refractivity contribution < 1.29 is 4.79 Å². The molecule has 1 N–H and O–H groups in total. The Balaban J connectivity index is 3.83. The average molecular weight is 157 g/mol. The molecule has 1 atom stereocenters. The quantitative estimate of drug-likeness (QED) is 0.665. The fraction of sp³-hybridized carbons (Fsp3) is 0.889. The Morgan fingerprint density at radius 2 is 1.55 bits per heavy atom. The average Bonchev–Trinajstić information content (AvgIpc) is 1.84. The lowest BCUT2D eigenvalue weighted by molar-refractivity contribution is -0.126. The van der Waals surface area contributed by atoms with Gasteiger partial charge in [-0.2, -0.15) is 0 Å². The summed E-state index contributed by atoms with van der Waals surface area (Å²) in [6, 6.07) is 0.253. The van der Waals surface area contributed by atoms with Crippen molar-refractivity contribution in [2.24, 2.45) is 11.8 Å². The SMILES string of the molecule is CC(C)NC(=O)[C@@H](C)C(C)C. The van der Waals surface area contributed by atoms with Crippen LogP contribution in [0.4, 0.5) is 0 Å². The fourth-order valence-electron chi connectivity index (χ4n) is 0.719. The molecule has 0 aromatic rings. The second-order valence-electron chi connectivity index (χ2n) is 3.70. The minimum absolute atomic E-state index is 0.123. The summed E-state index contributed by atoms with van der Waals surface area (Å²) in [4.78, 5) is 11.3. The van der Waals surface area contributed by atoms with Crippen LogP contribution < -0.4 is 5.32 Å². The number of hydrogen-bond acceptors (Lipinski definition) is 1. The molecule has 0 saturated heterocycles. The molecule has 66 valence electrons. The van der Waals surface area contributed by atoms with E-state index in [-0.39, 0.29) is 17.9 Å². The van der Waals surface area contributed by atoms with Crippen LogP contribution in [0.5, 0.6) is 0 Å². The van der Waals surface area contributed by atoms with Crippen molar-refractivity contribution in [3.63, 3.8) is 0 Å². The van der Waals surface area contributed by atoms with Gasteiger partial charge < -0.3 is 5.32 Å². The van der Waals surface area contributed by atoms with Crippen molar-refractivity contribution in [3.05, 3.63) is 0 Å². The zero-order valence-corrected chi connectivity index (χ0v) is 8.14. The van der Waals surface area contributed by atoms with Crippen molar-refractivity contribution in [1.82, 2.24) is 5.32 Å². The van der Waals surface area contributed by atoms with Crippen LogP contribution >= 0.6 is 0 Å². The van der Waals surface area contributed by atoms with Gasteiger partial charge in [0.15, 0.2) is 0 Å². The van der Waals surface area contributed by atoms with Crippen molar-refractivity contribution in [2.45, 2.75) is 40.7 Å². The van der Waals surface area contributed by atoms with Gasteiger partial charge in [-0.3, -0.25) is 4.79 Å². The van der Waals surface area contributed by atoms with Crippen LogP contribution in [0.15, 0.2) is 0 Å². The molecule has 0 heterocycles. The van der Waals surface area contributed by atoms with Crippen molar-refractivity contribution in [2.75, 3.05) is 0 Å². The van der Waals surface area contributed by atoms with Gasteiger partial charge in [-0.25, -0.2) is 0 Å². The molecule has 11 heavy (non-hydrogen) atoms. The Labute approximate surface area is 69.4 Å². The summed E-state index contributed by atoms with van der Waals surface area (Å²) in [5, 5.41) is 2.88. The number of amides is 1. The standard InChI is InChI=1S/C9H19NO/c1-6(2)8(5)9(11)10-7(3)4/h6-8H,1-5H3,(H,10,11)/t8-/m0/s1. The number of carbonyl (C=O) groups is 1. The zero-order valence-electron chi connectivity index (χ0n) is 8.14. The van der Waals surface area contributed by atoms with Gasteiger partial charge in [0.05, 0.1) is 0 Å². The van der Waals surface area contributed by atoms with E-state index in [1.54, 1.807) is 0 Å². The second kappa shape index (κ2) is 4.37. The summed E-state index contributed by atoms with van der Waals surface area (Å²) in [5.74, 6) is 0.709. The van der Waals surface area contributed by atoms with E-state index in [0.717, 1.165) is 0 Å². The van der Waals surface area contributed by atoms with Gasteiger partial charge in [-0.15, -0.1) is 0 Å². The molecule has 0 aromatic heterocycles. The fourth-order valence-corrected chi connectivity index (χ4v) is 0.719. The van der Waals surface area contributed by atoms with E-state index in [4.69, 9.17) is 0 Å². The van der Waals surface area contributed by atoms with E-state index in [9.17, 15) is 4.79 Å². The molecule has 0 radical (unpaired) electrons. The first-order valence-corrected chi connectivity index (χ1v) is 4.25. The van der Waals surface area contributed by atoms with Crippen molar-refractivity contribution in [1.29, 1.82) is 0 Å². The van der Waals surface area contributed by atoms with Gasteiger partial charge in [0.1, 0.15) is 0 Å². The Hall–Kier alpha value is -0.530. The zero-order chi connectivity index (χ0) is 9.02. The monoisotopic (exact) mass is 157 g/mol. The highest BCUT2D eigenvalue weighted by molar-refractivity contribution is 5.78. The third-order valence-electron chi connectivity index (χ3n) is 1.84. The normalized spacial score (nSPS) is 13.7. The molecule has 0 saturated carbocycles. The van der Waals surface area contributed by atoms with Gasteiger partial charge in [0.2, 0.25) is 5.91 Å². The summed E-state index contributed by atoms with van der Waals surface area (Å²) in [5.41, 5.74) is 0. The third-order valence-corrected chi connectivity index (χ3v) is 1.84. The molecule has 2 heteroatoms. The van der Waals surface area contributed by atoms with Gasteiger partial charge >= 0.3 is 0 Å². The number of carbonyl (C=O) groups excluding carboxylic acids is 1. The van der Waals surface area contributed by atoms with Crippen molar-refractivity contribution in [3.8, 4) is 0 Å². The molecule has 0 fully saturated rings. The molecule has 0 bridgehead atoms.